The number of alkyl carbamates (subject to hydrolysis) is 1. The number of nitrogens with one attached hydrogen (secondary N) is 2. The van der Waals surface area contributed by atoms with Crippen molar-refractivity contribution in [3.05, 3.63) is 42.6 Å². The van der Waals surface area contributed by atoms with E-state index in [2.05, 4.69) is 20.6 Å². The molecule has 10 heteroatoms. The maximum absolute atomic E-state index is 12.3. The van der Waals surface area contributed by atoms with Crippen molar-refractivity contribution in [2.24, 2.45) is 5.92 Å². The maximum Gasteiger partial charge on any atom is 0.407 e. The number of nitrogens with zero attached hydrogens (tertiary/aromatic N) is 4. The van der Waals surface area contributed by atoms with Gasteiger partial charge in [-0.25, -0.2) is 19.6 Å². The molecule has 4 rings (SSSR count). The molecule has 1 saturated carbocycles. The summed E-state index contributed by atoms with van der Waals surface area (Å²) in [6.07, 6.45) is 10.4. The Kier molecular flexibility index (Phi) is 7.71. The average Bonchev–Trinajstić information content (AvgIpc) is 3.28. The molecule has 10 nitrogen and oxygen atoms in total. The van der Waals surface area contributed by atoms with Crippen molar-refractivity contribution in [1.29, 1.82) is 0 Å². The molecule has 0 aromatic carbocycles. The molecule has 0 radical (unpaired) electrons. The third-order valence-corrected chi connectivity index (χ3v) is 6.02. The standard InChI is InChI=1S/C26H34N6O4/c1-5-35-24(33)21-16-32-15-20(18-10-12-27-13-11-18)30-22(23(32)31-21)29-19-8-6-17(7-9-19)14-28-25(34)36-26(2,3)4/h10-13,15-17,19H,5-9,14H2,1-4H3,(H,28,34)(H,29,30). The zero-order chi connectivity index (χ0) is 25.7. The van der Waals surface area contributed by atoms with E-state index >= 15 is 0 Å². The molecule has 3 heterocycles. The lowest BCUT2D eigenvalue weighted by Gasteiger charge is -2.30. The van der Waals surface area contributed by atoms with Crippen LogP contribution in [0.4, 0.5) is 10.6 Å². The molecule has 0 bridgehead atoms. The highest BCUT2D eigenvalue weighted by molar-refractivity contribution is 5.89. The van der Waals surface area contributed by atoms with Gasteiger partial charge < -0.3 is 24.5 Å². The van der Waals surface area contributed by atoms with Gasteiger partial charge in [0.25, 0.3) is 0 Å². The Labute approximate surface area is 210 Å². The number of esters is 1. The van der Waals surface area contributed by atoms with Crippen molar-refractivity contribution in [2.45, 2.75) is 65.0 Å². The molecule has 2 N–H and O–H groups in total. The number of pyridine rings is 1. The van der Waals surface area contributed by atoms with Gasteiger partial charge in [0.2, 0.25) is 0 Å². The van der Waals surface area contributed by atoms with E-state index in [0.29, 0.717) is 23.9 Å². The minimum absolute atomic E-state index is 0.203. The monoisotopic (exact) mass is 494 g/mol. The molecule has 1 aliphatic rings. The Bertz CT molecular complexity index is 1200. The van der Waals surface area contributed by atoms with Crippen molar-refractivity contribution >= 4 is 23.5 Å². The van der Waals surface area contributed by atoms with Crippen molar-refractivity contribution in [3.63, 3.8) is 0 Å². The number of aromatic nitrogens is 4. The second-order valence-corrected chi connectivity index (χ2v) is 10.0. The van der Waals surface area contributed by atoms with Gasteiger partial charge in [-0.1, -0.05) is 0 Å². The predicted octanol–water partition coefficient (Wildman–Crippen LogP) is 4.46. The first-order valence-corrected chi connectivity index (χ1v) is 12.4. The summed E-state index contributed by atoms with van der Waals surface area (Å²) in [5.41, 5.74) is 1.97. The van der Waals surface area contributed by atoms with Crippen LogP contribution in [0.25, 0.3) is 16.9 Å². The van der Waals surface area contributed by atoms with Gasteiger partial charge in [0.1, 0.15) is 5.60 Å². The van der Waals surface area contributed by atoms with Crippen molar-refractivity contribution in [2.75, 3.05) is 18.5 Å². The highest BCUT2D eigenvalue weighted by Gasteiger charge is 2.25. The van der Waals surface area contributed by atoms with Gasteiger partial charge in [0.05, 0.1) is 12.3 Å². The van der Waals surface area contributed by atoms with E-state index < -0.39 is 11.6 Å². The zero-order valence-corrected chi connectivity index (χ0v) is 21.3. The number of anilines is 1. The van der Waals surface area contributed by atoms with Crippen LogP contribution in [0.1, 0.15) is 63.9 Å². The molecule has 0 unspecified atom stereocenters. The lowest BCUT2D eigenvalue weighted by Crippen LogP contribution is -2.37. The van der Waals surface area contributed by atoms with E-state index in [0.717, 1.165) is 36.9 Å². The third kappa shape index (κ3) is 6.50. The minimum Gasteiger partial charge on any atom is -0.461 e. The predicted molar refractivity (Wildman–Crippen MR) is 136 cm³/mol. The number of hydrogen-bond acceptors (Lipinski definition) is 8. The van der Waals surface area contributed by atoms with E-state index in [1.54, 1.807) is 25.5 Å². The molecule has 0 saturated heterocycles. The Balaban J connectivity index is 1.47. The van der Waals surface area contributed by atoms with Crippen LogP contribution < -0.4 is 10.6 Å². The smallest absolute Gasteiger partial charge is 0.407 e. The lowest BCUT2D eigenvalue weighted by molar-refractivity contribution is 0.0507. The highest BCUT2D eigenvalue weighted by atomic mass is 16.6. The van der Waals surface area contributed by atoms with E-state index in [1.165, 1.54) is 0 Å². The van der Waals surface area contributed by atoms with Crippen LogP contribution in [0.15, 0.2) is 36.9 Å². The number of ether oxygens (including phenoxy) is 2. The fourth-order valence-electron chi connectivity index (χ4n) is 4.31. The Morgan fingerprint density at radius 3 is 2.47 bits per heavy atom. The van der Waals surface area contributed by atoms with Crippen LogP contribution in [-0.4, -0.2) is 56.2 Å². The summed E-state index contributed by atoms with van der Waals surface area (Å²) in [5.74, 6) is 0.555. The first-order chi connectivity index (χ1) is 17.2. The number of carbonyl (C=O) groups excluding carboxylic acids is 2. The van der Waals surface area contributed by atoms with Crippen molar-refractivity contribution in [1.82, 2.24) is 24.7 Å². The van der Waals surface area contributed by atoms with E-state index in [1.807, 2.05) is 43.5 Å². The molecule has 3 aromatic rings. The molecule has 0 aliphatic heterocycles. The summed E-state index contributed by atoms with van der Waals surface area (Å²) >= 11 is 0. The molecule has 1 aliphatic carbocycles. The second kappa shape index (κ2) is 10.9. The van der Waals surface area contributed by atoms with Crippen LogP contribution in [0.3, 0.4) is 0 Å². The molecule has 1 amide bonds. The number of hydrogen-bond donors (Lipinski definition) is 2. The number of rotatable bonds is 7. The van der Waals surface area contributed by atoms with Gasteiger partial charge in [-0.15, -0.1) is 0 Å². The molecule has 1 fully saturated rings. The normalized spacial score (nSPS) is 18.0. The molecule has 0 atom stereocenters. The Morgan fingerprint density at radius 1 is 1.08 bits per heavy atom. The first kappa shape index (κ1) is 25.4. The van der Waals surface area contributed by atoms with Crippen LogP contribution in [0.2, 0.25) is 0 Å². The van der Waals surface area contributed by atoms with Crippen LogP contribution >= 0.6 is 0 Å². The van der Waals surface area contributed by atoms with E-state index in [-0.39, 0.29) is 24.4 Å². The Hall–Kier alpha value is -3.69. The number of imidazole rings is 1. The third-order valence-electron chi connectivity index (χ3n) is 6.02. The SMILES string of the molecule is CCOC(=O)c1cn2cc(-c3ccncc3)nc(NC3CCC(CNC(=O)OC(C)(C)C)CC3)c2n1. The lowest BCUT2D eigenvalue weighted by atomic mass is 9.86. The maximum atomic E-state index is 12.3. The summed E-state index contributed by atoms with van der Waals surface area (Å²) in [7, 11) is 0. The summed E-state index contributed by atoms with van der Waals surface area (Å²) < 4.78 is 12.3. The molecular formula is C26H34N6O4. The largest absolute Gasteiger partial charge is 0.461 e. The number of amides is 1. The van der Waals surface area contributed by atoms with Crippen LogP contribution in [-0.2, 0) is 9.47 Å². The fraction of sp³-hybridized carbons (Fsp3) is 0.500. The molecule has 3 aromatic heterocycles. The van der Waals surface area contributed by atoms with Crippen LogP contribution in [0, 0.1) is 5.92 Å². The topological polar surface area (TPSA) is 120 Å². The summed E-state index contributed by atoms with van der Waals surface area (Å²) in [5, 5.41) is 6.45. The van der Waals surface area contributed by atoms with Gasteiger partial charge in [0, 0.05) is 42.9 Å². The second-order valence-electron chi connectivity index (χ2n) is 10.0. The van der Waals surface area contributed by atoms with E-state index in [4.69, 9.17) is 14.5 Å². The van der Waals surface area contributed by atoms with Gasteiger partial charge in [-0.3, -0.25) is 4.98 Å². The van der Waals surface area contributed by atoms with Gasteiger partial charge in [-0.2, -0.15) is 0 Å². The van der Waals surface area contributed by atoms with Crippen molar-refractivity contribution in [3.8, 4) is 11.3 Å². The summed E-state index contributed by atoms with van der Waals surface area (Å²) in [6.45, 7) is 8.22. The fourth-order valence-corrected chi connectivity index (χ4v) is 4.31. The van der Waals surface area contributed by atoms with Crippen LogP contribution in [0.5, 0.6) is 0 Å². The number of fused-ring (bicyclic) bond motifs is 1. The summed E-state index contributed by atoms with van der Waals surface area (Å²) in [4.78, 5) is 37.7. The van der Waals surface area contributed by atoms with Crippen molar-refractivity contribution < 1.29 is 19.1 Å². The quantitative estimate of drug-likeness (QED) is 0.462. The molecule has 0 spiro atoms. The van der Waals surface area contributed by atoms with Gasteiger partial charge >= 0.3 is 12.1 Å². The summed E-state index contributed by atoms with van der Waals surface area (Å²) in [6, 6.07) is 3.99. The minimum atomic E-state index is -0.505. The van der Waals surface area contributed by atoms with Gasteiger partial charge in [0.15, 0.2) is 17.2 Å². The van der Waals surface area contributed by atoms with Gasteiger partial charge in [-0.05, 0) is 71.4 Å². The zero-order valence-electron chi connectivity index (χ0n) is 21.3. The Morgan fingerprint density at radius 2 is 1.81 bits per heavy atom. The first-order valence-electron chi connectivity index (χ1n) is 12.4. The molecule has 36 heavy (non-hydrogen) atoms. The highest BCUT2D eigenvalue weighted by Crippen LogP contribution is 2.29. The average molecular weight is 495 g/mol. The number of carbonyl (C=O) groups is 2. The van der Waals surface area contributed by atoms with E-state index in [9.17, 15) is 9.59 Å². The molecular weight excluding hydrogens is 460 g/mol. The molecule has 192 valence electrons.